The Kier molecular flexibility index (Phi) is 5.20. The Morgan fingerprint density at radius 1 is 1.40 bits per heavy atom. The molecule has 2 heterocycles. The number of hydrogen-bond acceptors (Lipinski definition) is 4. The van der Waals surface area contributed by atoms with Gasteiger partial charge in [-0.1, -0.05) is 0 Å². The molecule has 0 spiro atoms. The molecule has 1 amide bonds. The minimum atomic E-state index is 0.0357. The molecule has 0 N–H and O–H groups in total. The zero-order valence-corrected chi connectivity index (χ0v) is 12.6. The van der Waals surface area contributed by atoms with Gasteiger partial charge in [0.2, 0.25) is 0 Å². The van der Waals surface area contributed by atoms with Gasteiger partial charge in [-0.05, 0) is 39.9 Å². The maximum absolute atomic E-state index is 12.6. The Labute approximate surface area is 120 Å². The third kappa shape index (κ3) is 3.84. The van der Waals surface area contributed by atoms with Gasteiger partial charge in [-0.3, -0.25) is 4.79 Å². The summed E-state index contributed by atoms with van der Waals surface area (Å²) < 4.78 is 10.9. The minimum Gasteiger partial charge on any atom is -0.469 e. The van der Waals surface area contributed by atoms with E-state index in [2.05, 4.69) is 4.90 Å². The molecule has 1 saturated heterocycles. The summed E-state index contributed by atoms with van der Waals surface area (Å²) >= 11 is 0. The number of rotatable bonds is 6. The number of carbonyl (C=O) groups is 1. The van der Waals surface area contributed by atoms with Gasteiger partial charge in [0.25, 0.3) is 5.91 Å². The smallest absolute Gasteiger partial charge is 0.257 e. The first-order chi connectivity index (χ1) is 9.58. The van der Waals surface area contributed by atoms with Gasteiger partial charge in [0.15, 0.2) is 0 Å². The Balaban J connectivity index is 2.04. The molecule has 2 rings (SSSR count). The Morgan fingerprint density at radius 3 is 2.75 bits per heavy atom. The van der Waals surface area contributed by atoms with E-state index in [1.165, 1.54) is 0 Å². The van der Waals surface area contributed by atoms with Crippen LogP contribution in [0.15, 0.2) is 16.7 Å². The summed E-state index contributed by atoms with van der Waals surface area (Å²) in [6.45, 7) is 4.84. The quantitative estimate of drug-likeness (QED) is 0.797. The fourth-order valence-corrected chi connectivity index (χ4v) is 2.41. The van der Waals surface area contributed by atoms with Crippen molar-refractivity contribution >= 4 is 5.91 Å². The van der Waals surface area contributed by atoms with E-state index < -0.39 is 0 Å². The number of ether oxygens (including phenoxy) is 1. The molecule has 0 radical (unpaired) electrons. The van der Waals surface area contributed by atoms with Crippen LogP contribution < -0.4 is 0 Å². The van der Waals surface area contributed by atoms with Crippen LogP contribution in [-0.4, -0.2) is 62.1 Å². The second kappa shape index (κ2) is 6.90. The van der Waals surface area contributed by atoms with Crippen molar-refractivity contribution in [1.29, 1.82) is 0 Å². The highest BCUT2D eigenvalue weighted by Crippen LogP contribution is 2.17. The molecule has 1 fully saturated rings. The highest BCUT2D eigenvalue weighted by atomic mass is 16.5. The number of furan rings is 1. The predicted molar refractivity (Wildman–Crippen MR) is 76.9 cm³/mol. The molecule has 0 unspecified atom stereocenters. The summed E-state index contributed by atoms with van der Waals surface area (Å²) in [5.74, 6) is 0.714. The Bertz CT molecular complexity index is 436. The molecule has 1 atom stereocenters. The lowest BCUT2D eigenvalue weighted by Crippen LogP contribution is -2.41. The molecular weight excluding hydrogens is 256 g/mol. The van der Waals surface area contributed by atoms with Gasteiger partial charge in [0.1, 0.15) is 5.76 Å². The monoisotopic (exact) mass is 280 g/mol. The molecule has 1 aromatic heterocycles. The lowest BCUT2D eigenvalue weighted by atomic mass is 10.2. The summed E-state index contributed by atoms with van der Waals surface area (Å²) in [6.07, 6.45) is 3.87. The van der Waals surface area contributed by atoms with E-state index >= 15 is 0 Å². The van der Waals surface area contributed by atoms with E-state index in [0.29, 0.717) is 24.4 Å². The van der Waals surface area contributed by atoms with Crippen molar-refractivity contribution in [3.8, 4) is 0 Å². The molecule has 1 aliphatic heterocycles. The van der Waals surface area contributed by atoms with Crippen molar-refractivity contribution in [1.82, 2.24) is 9.80 Å². The zero-order valence-electron chi connectivity index (χ0n) is 12.6. The summed E-state index contributed by atoms with van der Waals surface area (Å²) in [5, 5.41) is 0. The normalized spacial score (nSPS) is 18.7. The van der Waals surface area contributed by atoms with Gasteiger partial charge >= 0.3 is 0 Å². The number of aryl methyl sites for hydroxylation is 1. The standard InChI is InChI=1S/C15H24N2O3/c1-12-14(6-10-19-12)15(18)17(8-7-16(2)3)11-13-5-4-9-20-13/h6,10,13H,4-5,7-9,11H2,1-3H3/t13-/m1/s1. The molecule has 112 valence electrons. The van der Waals surface area contributed by atoms with Crippen LogP contribution in [0, 0.1) is 6.92 Å². The number of carbonyl (C=O) groups excluding carboxylic acids is 1. The zero-order chi connectivity index (χ0) is 14.5. The molecule has 1 aliphatic rings. The van der Waals surface area contributed by atoms with E-state index in [9.17, 15) is 4.79 Å². The molecule has 1 aromatic rings. The topological polar surface area (TPSA) is 45.9 Å². The van der Waals surface area contributed by atoms with Gasteiger partial charge in [-0.15, -0.1) is 0 Å². The molecular formula is C15H24N2O3. The van der Waals surface area contributed by atoms with Gasteiger partial charge < -0.3 is 19.0 Å². The molecule has 5 heteroatoms. The average molecular weight is 280 g/mol. The molecule has 0 bridgehead atoms. The third-order valence-corrected chi connectivity index (χ3v) is 3.64. The van der Waals surface area contributed by atoms with E-state index in [1.54, 1.807) is 12.3 Å². The first-order valence-corrected chi connectivity index (χ1v) is 7.17. The van der Waals surface area contributed by atoms with Gasteiger partial charge in [0, 0.05) is 26.2 Å². The van der Waals surface area contributed by atoms with Crippen LogP contribution in [0.1, 0.15) is 29.0 Å². The lowest BCUT2D eigenvalue weighted by molar-refractivity contribution is 0.0511. The highest BCUT2D eigenvalue weighted by molar-refractivity contribution is 5.95. The fourth-order valence-electron chi connectivity index (χ4n) is 2.41. The Morgan fingerprint density at radius 2 is 2.20 bits per heavy atom. The van der Waals surface area contributed by atoms with Crippen LogP contribution in [0.4, 0.5) is 0 Å². The lowest BCUT2D eigenvalue weighted by Gasteiger charge is -2.26. The van der Waals surface area contributed by atoms with Crippen molar-refractivity contribution in [2.45, 2.75) is 25.9 Å². The molecule has 20 heavy (non-hydrogen) atoms. The highest BCUT2D eigenvalue weighted by Gasteiger charge is 2.25. The van der Waals surface area contributed by atoms with Crippen molar-refractivity contribution in [3.05, 3.63) is 23.7 Å². The van der Waals surface area contributed by atoms with Crippen LogP contribution >= 0.6 is 0 Å². The van der Waals surface area contributed by atoms with Crippen LogP contribution in [0.3, 0.4) is 0 Å². The first kappa shape index (κ1) is 15.1. The van der Waals surface area contributed by atoms with Crippen LogP contribution in [0.25, 0.3) is 0 Å². The molecule has 5 nitrogen and oxygen atoms in total. The SMILES string of the molecule is Cc1occc1C(=O)N(CCN(C)C)C[C@H]1CCCO1. The van der Waals surface area contributed by atoms with Gasteiger partial charge in [0.05, 0.1) is 17.9 Å². The number of amides is 1. The summed E-state index contributed by atoms with van der Waals surface area (Å²) in [5.41, 5.74) is 0.654. The molecule has 0 aromatic carbocycles. The van der Waals surface area contributed by atoms with E-state index in [4.69, 9.17) is 9.15 Å². The van der Waals surface area contributed by atoms with E-state index in [0.717, 1.165) is 26.0 Å². The fraction of sp³-hybridized carbons (Fsp3) is 0.667. The summed E-state index contributed by atoms with van der Waals surface area (Å²) in [7, 11) is 4.02. The van der Waals surface area contributed by atoms with Gasteiger partial charge in [-0.2, -0.15) is 0 Å². The van der Waals surface area contributed by atoms with E-state index in [1.807, 2.05) is 25.9 Å². The van der Waals surface area contributed by atoms with Crippen molar-refractivity contribution in [2.24, 2.45) is 0 Å². The Hall–Kier alpha value is -1.33. The number of likely N-dealkylation sites (N-methyl/N-ethyl adjacent to an activating group) is 1. The summed E-state index contributed by atoms with van der Waals surface area (Å²) in [6, 6.07) is 1.75. The second-order valence-corrected chi connectivity index (χ2v) is 5.58. The first-order valence-electron chi connectivity index (χ1n) is 7.17. The maximum atomic E-state index is 12.6. The maximum Gasteiger partial charge on any atom is 0.257 e. The number of hydrogen-bond donors (Lipinski definition) is 0. The number of nitrogens with zero attached hydrogens (tertiary/aromatic N) is 2. The van der Waals surface area contributed by atoms with Crippen molar-refractivity contribution in [3.63, 3.8) is 0 Å². The average Bonchev–Trinajstić information content (AvgIpc) is 3.04. The van der Waals surface area contributed by atoms with Crippen LogP contribution in [0.5, 0.6) is 0 Å². The molecule has 0 saturated carbocycles. The van der Waals surface area contributed by atoms with E-state index in [-0.39, 0.29) is 12.0 Å². The van der Waals surface area contributed by atoms with Crippen molar-refractivity contribution < 1.29 is 13.9 Å². The van der Waals surface area contributed by atoms with Crippen LogP contribution in [-0.2, 0) is 4.74 Å². The largest absolute Gasteiger partial charge is 0.469 e. The van der Waals surface area contributed by atoms with Gasteiger partial charge in [-0.25, -0.2) is 0 Å². The van der Waals surface area contributed by atoms with Crippen LogP contribution in [0.2, 0.25) is 0 Å². The molecule has 0 aliphatic carbocycles. The predicted octanol–water partition coefficient (Wildman–Crippen LogP) is 1.77. The summed E-state index contributed by atoms with van der Waals surface area (Å²) in [4.78, 5) is 16.6. The minimum absolute atomic E-state index is 0.0357. The third-order valence-electron chi connectivity index (χ3n) is 3.64. The van der Waals surface area contributed by atoms with Crippen molar-refractivity contribution in [2.75, 3.05) is 40.3 Å². The second-order valence-electron chi connectivity index (χ2n) is 5.58.